The van der Waals surface area contributed by atoms with E-state index in [0.717, 1.165) is 41.0 Å². The maximum atomic E-state index is 6.25. The van der Waals surface area contributed by atoms with Gasteiger partial charge in [0.15, 0.2) is 0 Å². The van der Waals surface area contributed by atoms with Gasteiger partial charge in [0.25, 0.3) is 0 Å². The zero-order chi connectivity index (χ0) is 15.1. The minimum absolute atomic E-state index is 0.407. The van der Waals surface area contributed by atoms with Crippen LogP contribution in [0.2, 0.25) is 5.02 Å². The molecule has 0 aliphatic carbocycles. The van der Waals surface area contributed by atoms with Gasteiger partial charge in [0.2, 0.25) is 0 Å². The van der Waals surface area contributed by atoms with Crippen LogP contribution in [-0.4, -0.2) is 18.1 Å². The summed E-state index contributed by atoms with van der Waals surface area (Å²) in [6.45, 7) is 4.17. The zero-order valence-electron chi connectivity index (χ0n) is 12.2. The van der Waals surface area contributed by atoms with Gasteiger partial charge in [-0.3, -0.25) is 4.98 Å². The number of rotatable bonds is 7. The molecule has 0 radical (unpaired) electrons. The van der Waals surface area contributed by atoms with Gasteiger partial charge in [0.05, 0.1) is 5.02 Å². The van der Waals surface area contributed by atoms with Crippen molar-refractivity contribution in [2.45, 2.75) is 25.7 Å². The fourth-order valence-corrected chi connectivity index (χ4v) is 2.79. The second kappa shape index (κ2) is 8.52. The van der Waals surface area contributed by atoms with Crippen LogP contribution in [0.15, 0.2) is 47.2 Å². The second-order valence-corrected chi connectivity index (χ2v) is 6.45. The van der Waals surface area contributed by atoms with Crippen molar-refractivity contribution < 1.29 is 0 Å². The Hall–Kier alpha value is -0.900. The molecule has 0 aliphatic rings. The third-order valence-corrected chi connectivity index (χ3v) is 4.35. The van der Waals surface area contributed by atoms with Gasteiger partial charge in [-0.15, -0.1) is 0 Å². The summed E-state index contributed by atoms with van der Waals surface area (Å²) in [6.07, 6.45) is 5.58. The van der Waals surface area contributed by atoms with Gasteiger partial charge < -0.3 is 5.32 Å². The molecule has 0 aliphatic heterocycles. The van der Waals surface area contributed by atoms with Crippen molar-refractivity contribution in [3.8, 4) is 0 Å². The van der Waals surface area contributed by atoms with E-state index in [0.29, 0.717) is 5.92 Å². The Labute approximate surface area is 140 Å². The number of benzene rings is 1. The lowest BCUT2D eigenvalue weighted by Crippen LogP contribution is -2.23. The smallest absolute Gasteiger partial charge is 0.0621 e. The molecule has 1 unspecified atom stereocenters. The van der Waals surface area contributed by atoms with Crippen LogP contribution in [0.25, 0.3) is 0 Å². The molecular formula is C17H20BrClN2. The van der Waals surface area contributed by atoms with Crippen LogP contribution in [0.5, 0.6) is 0 Å². The molecule has 0 saturated heterocycles. The SMILES string of the molecule is CCCNCC(Cc1ccncc1Cl)c1ccc(Br)cc1. The predicted octanol–water partition coefficient (Wildman–Crippen LogP) is 4.82. The summed E-state index contributed by atoms with van der Waals surface area (Å²) in [5.41, 5.74) is 2.48. The van der Waals surface area contributed by atoms with Crippen molar-refractivity contribution in [2.24, 2.45) is 0 Å². The molecule has 2 aromatic rings. The van der Waals surface area contributed by atoms with Crippen LogP contribution in [-0.2, 0) is 6.42 Å². The number of nitrogens with zero attached hydrogens (tertiary/aromatic N) is 1. The summed E-state index contributed by atoms with van der Waals surface area (Å²) >= 11 is 9.74. The highest BCUT2D eigenvalue weighted by molar-refractivity contribution is 9.10. The van der Waals surface area contributed by atoms with Crippen molar-refractivity contribution in [2.75, 3.05) is 13.1 Å². The first-order chi connectivity index (χ1) is 10.2. The van der Waals surface area contributed by atoms with Crippen molar-refractivity contribution in [3.05, 3.63) is 63.3 Å². The maximum absolute atomic E-state index is 6.25. The van der Waals surface area contributed by atoms with Crippen molar-refractivity contribution in [3.63, 3.8) is 0 Å². The van der Waals surface area contributed by atoms with Crippen molar-refractivity contribution in [1.29, 1.82) is 0 Å². The summed E-state index contributed by atoms with van der Waals surface area (Å²) in [5.74, 6) is 0.407. The molecule has 0 bridgehead atoms. The summed E-state index contributed by atoms with van der Waals surface area (Å²) in [4.78, 5) is 4.06. The van der Waals surface area contributed by atoms with Crippen LogP contribution in [0.4, 0.5) is 0 Å². The molecule has 1 N–H and O–H groups in total. The predicted molar refractivity (Wildman–Crippen MR) is 93.0 cm³/mol. The minimum atomic E-state index is 0.407. The number of aromatic nitrogens is 1. The number of pyridine rings is 1. The Bertz CT molecular complexity index is 557. The van der Waals surface area contributed by atoms with Gasteiger partial charge in [0.1, 0.15) is 0 Å². The van der Waals surface area contributed by atoms with Gasteiger partial charge in [-0.1, -0.05) is 46.6 Å². The molecule has 1 atom stereocenters. The highest BCUT2D eigenvalue weighted by Gasteiger charge is 2.14. The Balaban J connectivity index is 2.15. The lowest BCUT2D eigenvalue weighted by molar-refractivity contribution is 0.576. The summed E-state index contributed by atoms with van der Waals surface area (Å²) in [7, 11) is 0. The molecule has 1 aromatic carbocycles. The Kier molecular flexibility index (Phi) is 6.68. The van der Waals surface area contributed by atoms with Gasteiger partial charge in [-0.2, -0.15) is 0 Å². The maximum Gasteiger partial charge on any atom is 0.0621 e. The molecule has 1 heterocycles. The van der Waals surface area contributed by atoms with Crippen LogP contribution in [0, 0.1) is 0 Å². The molecule has 0 amide bonds. The molecule has 21 heavy (non-hydrogen) atoms. The molecule has 4 heteroatoms. The van der Waals surface area contributed by atoms with Crippen LogP contribution >= 0.6 is 27.5 Å². The molecule has 0 spiro atoms. The molecule has 0 fully saturated rings. The van der Waals surface area contributed by atoms with E-state index in [1.807, 2.05) is 6.07 Å². The lowest BCUT2D eigenvalue weighted by Gasteiger charge is -2.19. The molecule has 1 aromatic heterocycles. The van der Waals surface area contributed by atoms with E-state index in [1.165, 1.54) is 5.56 Å². The number of nitrogens with one attached hydrogen (secondary N) is 1. The molecule has 2 rings (SSSR count). The third kappa shape index (κ3) is 5.10. The average Bonchev–Trinajstić information content (AvgIpc) is 2.49. The summed E-state index contributed by atoms with van der Waals surface area (Å²) in [5, 5.41) is 4.26. The van der Waals surface area contributed by atoms with Gasteiger partial charge in [0, 0.05) is 29.3 Å². The van der Waals surface area contributed by atoms with Gasteiger partial charge >= 0.3 is 0 Å². The number of hydrogen-bond acceptors (Lipinski definition) is 2. The van der Waals surface area contributed by atoms with E-state index < -0.39 is 0 Å². The van der Waals surface area contributed by atoms with Gasteiger partial charge in [-0.25, -0.2) is 0 Å². The number of hydrogen-bond donors (Lipinski definition) is 1. The Morgan fingerprint density at radius 1 is 1.24 bits per heavy atom. The van der Waals surface area contributed by atoms with Crippen LogP contribution < -0.4 is 5.32 Å². The normalized spacial score (nSPS) is 12.3. The first-order valence-corrected chi connectivity index (χ1v) is 8.42. The largest absolute Gasteiger partial charge is 0.316 e. The van der Waals surface area contributed by atoms with E-state index >= 15 is 0 Å². The van der Waals surface area contributed by atoms with E-state index in [9.17, 15) is 0 Å². The summed E-state index contributed by atoms with van der Waals surface area (Å²) < 4.78 is 1.11. The number of halogens is 2. The Morgan fingerprint density at radius 3 is 2.67 bits per heavy atom. The second-order valence-electron chi connectivity index (χ2n) is 5.12. The Morgan fingerprint density at radius 2 is 2.00 bits per heavy atom. The molecule has 112 valence electrons. The molecule has 0 saturated carbocycles. The van der Waals surface area contributed by atoms with Crippen LogP contribution in [0.3, 0.4) is 0 Å². The summed E-state index contributed by atoms with van der Waals surface area (Å²) in [6, 6.07) is 10.6. The van der Waals surface area contributed by atoms with Crippen molar-refractivity contribution >= 4 is 27.5 Å². The van der Waals surface area contributed by atoms with E-state index in [4.69, 9.17) is 11.6 Å². The lowest BCUT2D eigenvalue weighted by atomic mass is 9.92. The van der Waals surface area contributed by atoms with E-state index in [2.05, 4.69) is 57.4 Å². The van der Waals surface area contributed by atoms with E-state index in [-0.39, 0.29) is 0 Å². The van der Waals surface area contributed by atoms with Gasteiger partial charge in [-0.05, 0) is 48.7 Å². The quantitative estimate of drug-likeness (QED) is 0.709. The first kappa shape index (κ1) is 16.5. The third-order valence-electron chi connectivity index (χ3n) is 3.48. The minimum Gasteiger partial charge on any atom is -0.316 e. The topological polar surface area (TPSA) is 24.9 Å². The molecule has 2 nitrogen and oxygen atoms in total. The zero-order valence-corrected chi connectivity index (χ0v) is 14.5. The fraction of sp³-hybridized carbons (Fsp3) is 0.353. The highest BCUT2D eigenvalue weighted by atomic mass is 79.9. The van der Waals surface area contributed by atoms with E-state index in [1.54, 1.807) is 12.4 Å². The standard InChI is InChI=1S/C17H20BrClN2/c1-2-8-20-11-15(13-3-5-16(18)6-4-13)10-14-7-9-21-12-17(14)19/h3-7,9,12,15,20H,2,8,10-11H2,1H3. The highest BCUT2D eigenvalue weighted by Crippen LogP contribution is 2.25. The average molecular weight is 368 g/mol. The van der Waals surface area contributed by atoms with Crippen LogP contribution in [0.1, 0.15) is 30.4 Å². The van der Waals surface area contributed by atoms with Crippen molar-refractivity contribution in [1.82, 2.24) is 10.3 Å². The monoisotopic (exact) mass is 366 g/mol. The fourth-order valence-electron chi connectivity index (χ4n) is 2.33. The first-order valence-electron chi connectivity index (χ1n) is 7.25. The molecular weight excluding hydrogens is 348 g/mol.